The standard InChI is InChI=1S/C33H34N8O4/c1-7-41-29(25-12-11-22(17-36-25)27-20(4)45-40(6)33(27)44)19(3)24-15-18(2)37-28(30(24)41)32(43)38-23-10-8-9-21(16-23)31(42)39-26(34)13-14-35-5/h8-17,35H,7H2,1-6H3,(H,38,43)(H2,34,39,42)/b14-13-. The normalized spacial score (nSPS) is 11.2. The zero-order chi connectivity index (χ0) is 32.4. The number of hydrogen-bond acceptors (Lipinski definition) is 8. The van der Waals surface area contributed by atoms with Gasteiger partial charge in [0.25, 0.3) is 17.4 Å². The summed E-state index contributed by atoms with van der Waals surface area (Å²) in [5.74, 6) is -0.471. The Morgan fingerprint density at radius 2 is 1.87 bits per heavy atom. The summed E-state index contributed by atoms with van der Waals surface area (Å²) in [4.78, 5) is 48.4. The first-order chi connectivity index (χ1) is 21.5. The third kappa shape index (κ3) is 5.90. The predicted molar refractivity (Wildman–Crippen MR) is 174 cm³/mol. The van der Waals surface area contributed by atoms with E-state index in [-0.39, 0.29) is 22.7 Å². The average molecular weight is 607 g/mol. The molecule has 0 atom stereocenters. The molecule has 4 aromatic heterocycles. The minimum absolute atomic E-state index is 0.0772. The van der Waals surface area contributed by atoms with E-state index in [0.717, 1.165) is 16.6 Å². The van der Waals surface area contributed by atoms with Crippen molar-refractivity contribution in [1.29, 1.82) is 5.41 Å². The third-order valence-electron chi connectivity index (χ3n) is 7.42. The van der Waals surface area contributed by atoms with Gasteiger partial charge in [0.2, 0.25) is 0 Å². The molecule has 2 amide bonds. The van der Waals surface area contributed by atoms with Crippen molar-refractivity contribution in [3.05, 3.63) is 99.6 Å². The van der Waals surface area contributed by atoms with Gasteiger partial charge in [-0.2, -0.15) is 4.74 Å². The molecule has 5 rings (SSSR count). The molecule has 0 unspecified atom stereocenters. The zero-order valence-corrected chi connectivity index (χ0v) is 25.9. The van der Waals surface area contributed by atoms with Crippen LogP contribution in [-0.4, -0.2) is 44.0 Å². The fraction of sp³-hybridized carbons (Fsp3) is 0.212. The molecule has 0 aliphatic heterocycles. The molecule has 0 saturated heterocycles. The number of anilines is 1. The van der Waals surface area contributed by atoms with Crippen molar-refractivity contribution in [3.63, 3.8) is 0 Å². The molecule has 1 aromatic carbocycles. The second kappa shape index (κ2) is 12.4. The van der Waals surface area contributed by atoms with Crippen molar-refractivity contribution < 1.29 is 14.1 Å². The maximum absolute atomic E-state index is 13.8. The quantitative estimate of drug-likeness (QED) is 0.147. The number of aryl methyl sites for hydroxylation is 5. The number of rotatable bonds is 8. The molecular formula is C33H34N8O4. The minimum atomic E-state index is -0.477. The van der Waals surface area contributed by atoms with E-state index in [1.807, 2.05) is 43.5 Å². The number of nitrogens with one attached hydrogen (secondary N) is 4. The Balaban J connectivity index is 1.50. The molecule has 0 aliphatic rings. The van der Waals surface area contributed by atoms with Gasteiger partial charge in [0.1, 0.15) is 11.6 Å². The molecule has 4 heterocycles. The van der Waals surface area contributed by atoms with Crippen LogP contribution in [0.5, 0.6) is 0 Å². The smallest absolute Gasteiger partial charge is 0.290 e. The minimum Gasteiger partial charge on any atom is -0.394 e. The summed E-state index contributed by atoms with van der Waals surface area (Å²) >= 11 is 0. The molecule has 0 radical (unpaired) electrons. The van der Waals surface area contributed by atoms with E-state index in [0.29, 0.717) is 46.0 Å². The summed E-state index contributed by atoms with van der Waals surface area (Å²) in [7, 11) is 3.26. The summed E-state index contributed by atoms with van der Waals surface area (Å²) < 4.78 is 8.65. The highest BCUT2D eigenvalue weighted by atomic mass is 16.5. The van der Waals surface area contributed by atoms with Gasteiger partial charge in [0, 0.05) is 54.7 Å². The fourth-order valence-electron chi connectivity index (χ4n) is 5.41. The van der Waals surface area contributed by atoms with Gasteiger partial charge < -0.3 is 25.0 Å². The lowest BCUT2D eigenvalue weighted by Crippen LogP contribution is -2.28. The lowest BCUT2D eigenvalue weighted by Gasteiger charge is -2.12. The number of nitrogens with zero attached hydrogens (tertiary/aromatic N) is 4. The summed E-state index contributed by atoms with van der Waals surface area (Å²) in [6.45, 7) is 8.10. The molecule has 0 fully saturated rings. The Morgan fingerprint density at radius 3 is 2.51 bits per heavy atom. The molecule has 0 spiro atoms. The van der Waals surface area contributed by atoms with Crippen LogP contribution in [0, 0.1) is 26.2 Å². The Kier molecular flexibility index (Phi) is 8.48. The van der Waals surface area contributed by atoms with E-state index in [4.69, 9.17) is 14.9 Å². The van der Waals surface area contributed by atoms with Gasteiger partial charge in [-0.3, -0.25) is 24.8 Å². The highest BCUT2D eigenvalue weighted by molar-refractivity contribution is 6.13. The van der Waals surface area contributed by atoms with Gasteiger partial charge in [-0.05, 0) is 75.9 Å². The maximum Gasteiger partial charge on any atom is 0.290 e. The third-order valence-corrected chi connectivity index (χ3v) is 7.42. The van der Waals surface area contributed by atoms with Crippen molar-refractivity contribution in [3.8, 4) is 22.5 Å². The number of carbonyl (C=O) groups is 2. The van der Waals surface area contributed by atoms with Gasteiger partial charge in [0.15, 0.2) is 5.69 Å². The number of amides is 2. The molecule has 12 heteroatoms. The Morgan fingerprint density at radius 1 is 1.09 bits per heavy atom. The van der Waals surface area contributed by atoms with E-state index in [1.165, 1.54) is 17.0 Å². The largest absolute Gasteiger partial charge is 0.394 e. The van der Waals surface area contributed by atoms with Gasteiger partial charge in [-0.15, -0.1) is 0 Å². The summed E-state index contributed by atoms with van der Waals surface area (Å²) in [5.41, 5.74) is 5.62. The maximum atomic E-state index is 13.8. The van der Waals surface area contributed by atoms with Crippen molar-refractivity contribution in [2.24, 2.45) is 7.05 Å². The number of hydrogen-bond donors (Lipinski definition) is 4. The summed E-state index contributed by atoms with van der Waals surface area (Å²) in [6, 6.07) is 12.1. The van der Waals surface area contributed by atoms with E-state index >= 15 is 0 Å². The van der Waals surface area contributed by atoms with Crippen molar-refractivity contribution in [2.75, 3.05) is 12.4 Å². The molecule has 0 aliphatic carbocycles. The number of pyridine rings is 2. The molecular weight excluding hydrogens is 572 g/mol. The second-order valence-electron chi connectivity index (χ2n) is 10.5. The summed E-state index contributed by atoms with van der Waals surface area (Å²) in [5, 5.41) is 16.9. The Hall–Kier alpha value is -5.78. The van der Waals surface area contributed by atoms with Crippen LogP contribution in [0.1, 0.15) is 44.8 Å². The number of fused-ring (bicyclic) bond motifs is 1. The monoisotopic (exact) mass is 606 g/mol. The molecule has 230 valence electrons. The number of aromatic nitrogens is 4. The first-order valence-electron chi connectivity index (χ1n) is 14.3. The van der Waals surface area contributed by atoms with Gasteiger partial charge in [-0.25, -0.2) is 4.98 Å². The van der Waals surface area contributed by atoms with E-state index in [9.17, 15) is 14.4 Å². The lowest BCUT2D eigenvalue weighted by atomic mass is 10.1. The number of carbonyl (C=O) groups excluding carboxylic acids is 2. The first-order valence-corrected chi connectivity index (χ1v) is 14.3. The van der Waals surface area contributed by atoms with Gasteiger partial charge in [0.05, 0.1) is 22.5 Å². The predicted octanol–water partition coefficient (Wildman–Crippen LogP) is 4.69. The highest BCUT2D eigenvalue weighted by Gasteiger charge is 2.24. The molecule has 12 nitrogen and oxygen atoms in total. The van der Waals surface area contributed by atoms with Crippen LogP contribution in [0.2, 0.25) is 0 Å². The zero-order valence-electron chi connectivity index (χ0n) is 25.9. The van der Waals surface area contributed by atoms with Crippen LogP contribution >= 0.6 is 0 Å². The average Bonchev–Trinajstić information content (AvgIpc) is 3.45. The van der Waals surface area contributed by atoms with Crippen molar-refractivity contribution >= 4 is 34.2 Å². The highest BCUT2D eigenvalue weighted by Crippen LogP contribution is 2.35. The number of amidine groups is 1. The molecule has 5 aromatic rings. The van der Waals surface area contributed by atoms with Crippen LogP contribution < -0.4 is 21.5 Å². The first kappa shape index (κ1) is 30.7. The second-order valence-corrected chi connectivity index (χ2v) is 10.5. The van der Waals surface area contributed by atoms with Crippen LogP contribution in [0.4, 0.5) is 5.69 Å². The van der Waals surface area contributed by atoms with Crippen LogP contribution in [-0.2, 0) is 13.6 Å². The van der Waals surface area contributed by atoms with Crippen molar-refractivity contribution in [2.45, 2.75) is 34.2 Å². The summed E-state index contributed by atoms with van der Waals surface area (Å²) in [6.07, 6.45) is 4.61. The van der Waals surface area contributed by atoms with Crippen LogP contribution in [0.25, 0.3) is 33.4 Å². The topological polar surface area (TPSA) is 160 Å². The Labute approximate surface area is 259 Å². The van der Waals surface area contributed by atoms with E-state index < -0.39 is 11.8 Å². The molecule has 0 bridgehead atoms. The molecule has 45 heavy (non-hydrogen) atoms. The Bertz CT molecular complexity index is 2050. The van der Waals surface area contributed by atoms with Crippen LogP contribution in [0.3, 0.4) is 0 Å². The van der Waals surface area contributed by atoms with Gasteiger partial charge in [-0.1, -0.05) is 12.1 Å². The molecule has 0 saturated carbocycles. The fourth-order valence-corrected chi connectivity index (χ4v) is 5.41. The lowest BCUT2D eigenvalue weighted by molar-refractivity contribution is 0.0974. The van der Waals surface area contributed by atoms with E-state index in [1.54, 1.807) is 51.5 Å². The SMILES string of the molecule is CCn1c(-c2ccc(-c3c(C)on(C)c3=O)cn2)c(C)c2cc(C)nc(C(=O)Nc3cccc(C(=O)NC(=N)/C=C\NC)c3)c21. The number of benzene rings is 1. The van der Waals surface area contributed by atoms with E-state index in [2.05, 4.69) is 20.9 Å². The van der Waals surface area contributed by atoms with Crippen molar-refractivity contribution in [1.82, 2.24) is 29.9 Å². The van der Waals surface area contributed by atoms with Gasteiger partial charge >= 0.3 is 0 Å². The van der Waals surface area contributed by atoms with Crippen LogP contribution in [0.15, 0.2) is 70.3 Å². The molecule has 4 N–H and O–H groups in total.